The second kappa shape index (κ2) is 5.19. The first-order valence-electron chi connectivity index (χ1n) is 5.93. The van der Waals surface area contributed by atoms with Crippen LogP contribution in [0.4, 0.5) is 5.69 Å². The molecular weight excluding hydrogens is 264 g/mol. The lowest BCUT2D eigenvalue weighted by Crippen LogP contribution is -2.29. The van der Waals surface area contributed by atoms with Crippen LogP contribution in [0, 0.1) is 0 Å². The molecule has 1 saturated carbocycles. The molecule has 2 N–H and O–H groups in total. The molecule has 88 valence electrons. The normalized spacial score (nSPS) is 16.7. The summed E-state index contributed by atoms with van der Waals surface area (Å²) in [5.74, 6) is 0. The Kier molecular flexibility index (Phi) is 3.87. The Morgan fingerprint density at radius 1 is 1.38 bits per heavy atom. The molecule has 0 aromatic heterocycles. The van der Waals surface area contributed by atoms with Gasteiger partial charge in [-0.15, -0.1) is 0 Å². The van der Waals surface area contributed by atoms with Gasteiger partial charge in [-0.3, -0.25) is 0 Å². The summed E-state index contributed by atoms with van der Waals surface area (Å²) in [7, 11) is 2.19. The van der Waals surface area contributed by atoms with Gasteiger partial charge in [0.1, 0.15) is 0 Å². The van der Waals surface area contributed by atoms with Crippen LogP contribution in [0.1, 0.15) is 31.2 Å². The largest absolute Gasteiger partial charge is 0.371 e. The van der Waals surface area contributed by atoms with Crippen LogP contribution < -0.4 is 10.6 Å². The molecule has 1 fully saturated rings. The smallest absolute Gasteiger partial charge is 0.0412 e. The Morgan fingerprint density at radius 2 is 2.06 bits per heavy atom. The second-order valence-electron chi connectivity index (χ2n) is 4.53. The van der Waals surface area contributed by atoms with E-state index in [9.17, 15) is 0 Å². The highest BCUT2D eigenvalue weighted by atomic mass is 79.9. The number of benzene rings is 1. The van der Waals surface area contributed by atoms with Crippen molar-refractivity contribution in [3.05, 3.63) is 28.2 Å². The number of rotatable bonds is 3. The molecule has 0 spiro atoms. The molecule has 3 heteroatoms. The molecule has 0 bridgehead atoms. The number of hydrogen-bond donors (Lipinski definition) is 1. The van der Waals surface area contributed by atoms with Crippen molar-refractivity contribution in [3.8, 4) is 0 Å². The third-order valence-electron chi connectivity index (χ3n) is 3.51. The maximum Gasteiger partial charge on any atom is 0.0412 e. The summed E-state index contributed by atoms with van der Waals surface area (Å²) in [6, 6.07) is 7.09. The minimum atomic E-state index is 0.603. The van der Waals surface area contributed by atoms with Crippen molar-refractivity contribution in [2.45, 2.75) is 38.3 Å². The van der Waals surface area contributed by atoms with Crippen LogP contribution in [0.5, 0.6) is 0 Å². The fraction of sp³-hybridized carbons (Fsp3) is 0.538. The Hall–Kier alpha value is -0.540. The molecule has 1 aromatic rings. The molecule has 2 nitrogen and oxygen atoms in total. The van der Waals surface area contributed by atoms with Crippen LogP contribution in [-0.2, 0) is 6.54 Å². The topological polar surface area (TPSA) is 29.3 Å². The number of halogens is 1. The van der Waals surface area contributed by atoms with E-state index >= 15 is 0 Å². The third kappa shape index (κ3) is 2.41. The summed E-state index contributed by atoms with van der Waals surface area (Å²) >= 11 is 3.50. The number of nitrogens with zero attached hydrogens (tertiary/aromatic N) is 1. The zero-order valence-corrected chi connectivity index (χ0v) is 11.3. The van der Waals surface area contributed by atoms with Crippen molar-refractivity contribution >= 4 is 21.6 Å². The van der Waals surface area contributed by atoms with E-state index in [0.717, 1.165) is 4.47 Å². The van der Waals surface area contributed by atoms with Gasteiger partial charge in [-0.1, -0.05) is 28.8 Å². The Morgan fingerprint density at radius 3 is 2.69 bits per heavy atom. The summed E-state index contributed by atoms with van der Waals surface area (Å²) in [5.41, 5.74) is 8.32. The van der Waals surface area contributed by atoms with Gasteiger partial charge in [0.2, 0.25) is 0 Å². The molecule has 2 rings (SSSR count). The molecule has 0 aliphatic heterocycles. The van der Waals surface area contributed by atoms with E-state index in [2.05, 4.69) is 46.1 Å². The van der Waals surface area contributed by atoms with Crippen LogP contribution in [-0.4, -0.2) is 13.1 Å². The van der Waals surface area contributed by atoms with Gasteiger partial charge in [0.15, 0.2) is 0 Å². The molecule has 0 heterocycles. The summed E-state index contributed by atoms with van der Waals surface area (Å²) in [6.45, 7) is 0.603. The maximum absolute atomic E-state index is 5.81. The Bertz CT molecular complexity index is 359. The van der Waals surface area contributed by atoms with Gasteiger partial charge in [0, 0.05) is 29.8 Å². The maximum atomic E-state index is 5.81. The van der Waals surface area contributed by atoms with Crippen molar-refractivity contribution in [1.29, 1.82) is 0 Å². The molecule has 0 saturated heterocycles. The van der Waals surface area contributed by atoms with Crippen molar-refractivity contribution in [3.63, 3.8) is 0 Å². The van der Waals surface area contributed by atoms with Crippen molar-refractivity contribution in [1.82, 2.24) is 0 Å². The molecule has 1 aromatic carbocycles. The van der Waals surface area contributed by atoms with E-state index in [4.69, 9.17) is 5.73 Å². The standard InChI is InChI=1S/C13H19BrN2/c1-16(12-4-2-3-5-12)13-7-6-11(14)8-10(13)9-15/h6-8,12H,2-5,9,15H2,1H3. The van der Waals surface area contributed by atoms with E-state index < -0.39 is 0 Å². The van der Waals surface area contributed by atoms with E-state index in [-0.39, 0.29) is 0 Å². The van der Waals surface area contributed by atoms with E-state index in [1.807, 2.05) is 0 Å². The number of hydrogen-bond acceptors (Lipinski definition) is 2. The van der Waals surface area contributed by atoms with E-state index in [1.165, 1.54) is 36.9 Å². The first kappa shape index (κ1) is 11.9. The minimum Gasteiger partial charge on any atom is -0.371 e. The zero-order chi connectivity index (χ0) is 11.5. The average Bonchev–Trinajstić information content (AvgIpc) is 2.81. The van der Waals surface area contributed by atoms with Crippen LogP contribution >= 0.6 is 15.9 Å². The third-order valence-corrected chi connectivity index (χ3v) is 4.01. The Labute approximate surface area is 106 Å². The SMILES string of the molecule is CN(c1ccc(Br)cc1CN)C1CCCC1. The quantitative estimate of drug-likeness (QED) is 0.922. The molecule has 0 radical (unpaired) electrons. The average molecular weight is 283 g/mol. The minimum absolute atomic E-state index is 0.603. The summed E-state index contributed by atoms with van der Waals surface area (Å²) in [5, 5.41) is 0. The van der Waals surface area contributed by atoms with Gasteiger partial charge >= 0.3 is 0 Å². The van der Waals surface area contributed by atoms with Gasteiger partial charge in [-0.05, 0) is 36.6 Å². The molecule has 1 aliphatic carbocycles. The summed E-state index contributed by atoms with van der Waals surface area (Å²) in [6.07, 6.45) is 5.36. The van der Waals surface area contributed by atoms with Gasteiger partial charge < -0.3 is 10.6 Å². The van der Waals surface area contributed by atoms with Gasteiger partial charge in [0.05, 0.1) is 0 Å². The van der Waals surface area contributed by atoms with Crippen molar-refractivity contribution in [2.24, 2.45) is 5.73 Å². The molecule has 0 atom stereocenters. The highest BCUT2D eigenvalue weighted by Gasteiger charge is 2.21. The first-order valence-corrected chi connectivity index (χ1v) is 6.73. The molecule has 0 unspecified atom stereocenters. The van der Waals surface area contributed by atoms with Crippen molar-refractivity contribution in [2.75, 3.05) is 11.9 Å². The highest BCUT2D eigenvalue weighted by Crippen LogP contribution is 2.30. The lowest BCUT2D eigenvalue weighted by atomic mass is 10.1. The van der Waals surface area contributed by atoms with Gasteiger partial charge in [0.25, 0.3) is 0 Å². The fourth-order valence-corrected chi connectivity index (χ4v) is 2.96. The summed E-state index contributed by atoms with van der Waals surface area (Å²) in [4.78, 5) is 2.40. The molecule has 1 aliphatic rings. The second-order valence-corrected chi connectivity index (χ2v) is 5.44. The molecule has 0 amide bonds. The van der Waals surface area contributed by atoms with Gasteiger partial charge in [-0.25, -0.2) is 0 Å². The predicted molar refractivity (Wildman–Crippen MR) is 72.7 cm³/mol. The lowest BCUT2D eigenvalue weighted by molar-refractivity contribution is 0.650. The summed E-state index contributed by atoms with van der Waals surface area (Å²) < 4.78 is 1.11. The zero-order valence-electron chi connectivity index (χ0n) is 9.75. The van der Waals surface area contributed by atoms with Crippen LogP contribution in [0.2, 0.25) is 0 Å². The van der Waals surface area contributed by atoms with Crippen LogP contribution in [0.25, 0.3) is 0 Å². The van der Waals surface area contributed by atoms with E-state index in [1.54, 1.807) is 0 Å². The monoisotopic (exact) mass is 282 g/mol. The first-order chi connectivity index (χ1) is 7.72. The highest BCUT2D eigenvalue weighted by molar-refractivity contribution is 9.10. The van der Waals surface area contributed by atoms with Crippen molar-refractivity contribution < 1.29 is 0 Å². The van der Waals surface area contributed by atoms with Gasteiger partial charge in [-0.2, -0.15) is 0 Å². The number of anilines is 1. The molecule has 16 heavy (non-hydrogen) atoms. The number of nitrogens with two attached hydrogens (primary N) is 1. The fourth-order valence-electron chi connectivity index (χ4n) is 2.55. The van der Waals surface area contributed by atoms with Crippen LogP contribution in [0.3, 0.4) is 0 Å². The lowest BCUT2D eigenvalue weighted by Gasteiger charge is -2.28. The Balaban J connectivity index is 2.24. The van der Waals surface area contributed by atoms with Crippen LogP contribution in [0.15, 0.2) is 22.7 Å². The molecular formula is C13H19BrN2. The van der Waals surface area contributed by atoms with E-state index in [0.29, 0.717) is 12.6 Å². The predicted octanol–water partition coefficient (Wildman–Crippen LogP) is 3.29.